The van der Waals surface area contributed by atoms with Crippen molar-refractivity contribution in [1.82, 2.24) is 0 Å². The van der Waals surface area contributed by atoms with Gasteiger partial charge in [-0.05, 0) is 12.0 Å². The van der Waals surface area contributed by atoms with Crippen molar-refractivity contribution < 1.29 is 14.6 Å². The molecular formula is C12H17NO3. The summed E-state index contributed by atoms with van der Waals surface area (Å²) in [5, 5.41) is 8.47. The molecule has 0 saturated heterocycles. The Balaban J connectivity index is 2.13. The van der Waals surface area contributed by atoms with Crippen LogP contribution in [0.25, 0.3) is 0 Å². The topological polar surface area (TPSA) is 72.6 Å². The third-order valence-corrected chi connectivity index (χ3v) is 2.17. The van der Waals surface area contributed by atoms with Crippen molar-refractivity contribution in [1.29, 1.82) is 0 Å². The molecule has 1 atom stereocenters. The minimum Gasteiger partial charge on any atom is -0.481 e. The van der Waals surface area contributed by atoms with Crippen molar-refractivity contribution in [3.63, 3.8) is 0 Å². The van der Waals surface area contributed by atoms with Gasteiger partial charge in [0.15, 0.2) is 0 Å². The van der Waals surface area contributed by atoms with Crippen LogP contribution in [0.3, 0.4) is 0 Å². The van der Waals surface area contributed by atoms with Crippen LogP contribution >= 0.6 is 0 Å². The van der Waals surface area contributed by atoms with Crippen LogP contribution in [-0.2, 0) is 16.1 Å². The fraction of sp³-hybridized carbons (Fsp3) is 0.417. The molecule has 0 fully saturated rings. The molecule has 4 heteroatoms. The highest BCUT2D eigenvalue weighted by molar-refractivity contribution is 5.66. The quantitative estimate of drug-likeness (QED) is 0.732. The van der Waals surface area contributed by atoms with Gasteiger partial charge in [-0.3, -0.25) is 4.79 Å². The Morgan fingerprint density at radius 2 is 2.06 bits per heavy atom. The molecule has 0 spiro atoms. The van der Waals surface area contributed by atoms with Gasteiger partial charge in [0.05, 0.1) is 13.2 Å². The second kappa shape index (κ2) is 6.98. The first kappa shape index (κ1) is 12.7. The van der Waals surface area contributed by atoms with Gasteiger partial charge in [-0.15, -0.1) is 0 Å². The molecule has 3 N–H and O–H groups in total. The summed E-state index contributed by atoms with van der Waals surface area (Å²) in [5.41, 5.74) is 6.79. The highest BCUT2D eigenvalue weighted by atomic mass is 16.5. The van der Waals surface area contributed by atoms with Gasteiger partial charge in [-0.1, -0.05) is 30.3 Å². The number of rotatable bonds is 7. The molecule has 0 aliphatic rings. The minimum absolute atomic E-state index is 0.0931. The van der Waals surface area contributed by atoms with Crippen LogP contribution in [0, 0.1) is 0 Å². The van der Waals surface area contributed by atoms with Crippen molar-refractivity contribution in [3.05, 3.63) is 35.9 Å². The van der Waals surface area contributed by atoms with E-state index in [0.717, 1.165) is 5.56 Å². The Morgan fingerprint density at radius 3 is 2.69 bits per heavy atom. The van der Waals surface area contributed by atoms with E-state index in [4.69, 9.17) is 15.6 Å². The summed E-state index contributed by atoms with van der Waals surface area (Å²) in [5.74, 6) is -0.821. The van der Waals surface area contributed by atoms with Gasteiger partial charge in [-0.2, -0.15) is 0 Å². The second-order valence-corrected chi connectivity index (χ2v) is 3.69. The number of benzene rings is 1. The molecule has 0 radical (unpaired) electrons. The van der Waals surface area contributed by atoms with E-state index in [2.05, 4.69) is 0 Å². The van der Waals surface area contributed by atoms with Crippen LogP contribution in [0.15, 0.2) is 30.3 Å². The minimum atomic E-state index is -0.821. The highest BCUT2D eigenvalue weighted by Crippen LogP contribution is 2.02. The van der Waals surface area contributed by atoms with Crippen LogP contribution in [0.5, 0.6) is 0 Å². The van der Waals surface area contributed by atoms with E-state index in [-0.39, 0.29) is 12.5 Å². The summed E-state index contributed by atoms with van der Waals surface area (Å²) in [4.78, 5) is 10.3. The van der Waals surface area contributed by atoms with Gasteiger partial charge in [0.1, 0.15) is 0 Å². The van der Waals surface area contributed by atoms with E-state index in [9.17, 15) is 4.79 Å². The third kappa shape index (κ3) is 5.48. The summed E-state index contributed by atoms with van der Waals surface area (Å²) in [6.45, 7) is 0.907. The SMILES string of the molecule is N[C@@H](CCC(=O)O)COCc1ccccc1. The van der Waals surface area contributed by atoms with Crippen LogP contribution in [0.2, 0.25) is 0 Å². The number of ether oxygens (including phenoxy) is 1. The number of carboxylic acid groups (broad SMARTS) is 1. The van der Waals surface area contributed by atoms with Crippen LogP contribution in [-0.4, -0.2) is 23.7 Å². The Morgan fingerprint density at radius 1 is 1.38 bits per heavy atom. The lowest BCUT2D eigenvalue weighted by Gasteiger charge is -2.10. The maximum absolute atomic E-state index is 10.3. The van der Waals surface area contributed by atoms with Gasteiger partial charge in [0.2, 0.25) is 0 Å². The van der Waals surface area contributed by atoms with Crippen LogP contribution < -0.4 is 5.73 Å². The number of carbonyl (C=O) groups is 1. The first-order valence-electron chi connectivity index (χ1n) is 5.27. The normalized spacial score (nSPS) is 12.3. The lowest BCUT2D eigenvalue weighted by Crippen LogP contribution is -2.26. The molecule has 0 aliphatic heterocycles. The maximum atomic E-state index is 10.3. The molecule has 1 aromatic rings. The third-order valence-electron chi connectivity index (χ3n) is 2.17. The summed E-state index contributed by atoms with van der Waals surface area (Å²) in [7, 11) is 0. The van der Waals surface area contributed by atoms with Gasteiger partial charge in [0, 0.05) is 12.5 Å². The number of hydrogen-bond acceptors (Lipinski definition) is 3. The molecule has 0 aliphatic carbocycles. The van der Waals surface area contributed by atoms with Crippen molar-refractivity contribution in [2.75, 3.05) is 6.61 Å². The Hall–Kier alpha value is -1.39. The molecule has 0 amide bonds. The maximum Gasteiger partial charge on any atom is 0.303 e. The Bertz CT molecular complexity index is 313. The van der Waals surface area contributed by atoms with E-state index in [0.29, 0.717) is 19.6 Å². The van der Waals surface area contributed by atoms with E-state index in [1.807, 2.05) is 30.3 Å². The van der Waals surface area contributed by atoms with Crippen molar-refractivity contribution in [3.8, 4) is 0 Å². The second-order valence-electron chi connectivity index (χ2n) is 3.69. The summed E-state index contributed by atoms with van der Waals surface area (Å²) >= 11 is 0. The van der Waals surface area contributed by atoms with E-state index in [1.54, 1.807) is 0 Å². The predicted octanol–water partition coefficient (Wildman–Crippen LogP) is 1.40. The van der Waals surface area contributed by atoms with Gasteiger partial charge < -0.3 is 15.6 Å². The summed E-state index contributed by atoms with van der Waals surface area (Å²) in [6, 6.07) is 9.58. The van der Waals surface area contributed by atoms with Crippen molar-refractivity contribution in [2.24, 2.45) is 5.73 Å². The number of aliphatic carboxylic acids is 1. The average Bonchev–Trinajstić information content (AvgIpc) is 2.28. The first-order chi connectivity index (χ1) is 7.68. The van der Waals surface area contributed by atoms with Gasteiger partial charge in [-0.25, -0.2) is 0 Å². The summed E-state index contributed by atoms with van der Waals surface area (Å²) < 4.78 is 5.40. The lowest BCUT2D eigenvalue weighted by molar-refractivity contribution is -0.137. The molecule has 16 heavy (non-hydrogen) atoms. The lowest BCUT2D eigenvalue weighted by atomic mass is 10.2. The fourth-order valence-corrected chi connectivity index (χ4v) is 1.29. The molecule has 0 aromatic heterocycles. The molecular weight excluding hydrogens is 206 g/mol. The number of hydrogen-bond donors (Lipinski definition) is 2. The number of nitrogens with two attached hydrogens (primary N) is 1. The smallest absolute Gasteiger partial charge is 0.303 e. The highest BCUT2D eigenvalue weighted by Gasteiger charge is 2.05. The molecule has 1 aromatic carbocycles. The van der Waals surface area contributed by atoms with E-state index >= 15 is 0 Å². The van der Waals surface area contributed by atoms with Gasteiger partial charge in [0.25, 0.3) is 0 Å². The predicted molar refractivity (Wildman–Crippen MR) is 60.9 cm³/mol. The van der Waals surface area contributed by atoms with Crippen molar-refractivity contribution >= 4 is 5.97 Å². The zero-order valence-electron chi connectivity index (χ0n) is 9.13. The summed E-state index contributed by atoms with van der Waals surface area (Å²) in [6.07, 6.45) is 0.542. The molecule has 4 nitrogen and oxygen atoms in total. The molecule has 0 bridgehead atoms. The standard InChI is InChI=1S/C12H17NO3/c13-11(6-7-12(14)15)9-16-8-10-4-2-1-3-5-10/h1-5,11H,6-9,13H2,(H,14,15)/t11-/m0/s1. The zero-order valence-corrected chi connectivity index (χ0v) is 9.13. The monoisotopic (exact) mass is 223 g/mol. The average molecular weight is 223 g/mol. The molecule has 0 unspecified atom stereocenters. The van der Waals surface area contributed by atoms with Crippen LogP contribution in [0.4, 0.5) is 0 Å². The van der Waals surface area contributed by atoms with Crippen LogP contribution in [0.1, 0.15) is 18.4 Å². The molecule has 0 saturated carbocycles. The first-order valence-corrected chi connectivity index (χ1v) is 5.27. The largest absolute Gasteiger partial charge is 0.481 e. The van der Waals surface area contributed by atoms with Gasteiger partial charge >= 0.3 is 5.97 Å². The molecule has 0 heterocycles. The molecule has 88 valence electrons. The number of carboxylic acids is 1. The molecule has 1 rings (SSSR count). The zero-order chi connectivity index (χ0) is 11.8. The van der Waals surface area contributed by atoms with E-state index < -0.39 is 5.97 Å². The van der Waals surface area contributed by atoms with Crippen molar-refractivity contribution in [2.45, 2.75) is 25.5 Å². The van der Waals surface area contributed by atoms with E-state index in [1.165, 1.54) is 0 Å². The fourth-order valence-electron chi connectivity index (χ4n) is 1.29. The Labute approximate surface area is 95.0 Å². The Kier molecular flexibility index (Phi) is 5.53.